The van der Waals surface area contributed by atoms with Crippen molar-refractivity contribution in [3.05, 3.63) is 70.8 Å². The van der Waals surface area contributed by atoms with Crippen LogP contribution in [0.1, 0.15) is 44.4 Å². The minimum atomic E-state index is -1.04. The van der Waals surface area contributed by atoms with E-state index in [9.17, 15) is 9.59 Å². The first-order valence-electron chi connectivity index (χ1n) is 8.34. The summed E-state index contributed by atoms with van der Waals surface area (Å²) >= 11 is 0. The van der Waals surface area contributed by atoms with Gasteiger partial charge in [0, 0.05) is 24.6 Å². The third kappa shape index (κ3) is 4.06. The van der Waals surface area contributed by atoms with Crippen LogP contribution in [0.15, 0.2) is 48.5 Å². The summed E-state index contributed by atoms with van der Waals surface area (Å²) < 4.78 is 5.83. The highest BCUT2D eigenvalue weighted by Gasteiger charge is 2.29. The van der Waals surface area contributed by atoms with Gasteiger partial charge < -0.3 is 15.2 Å². The molecule has 1 fully saturated rings. The van der Waals surface area contributed by atoms with Crippen LogP contribution in [0.4, 0.5) is 0 Å². The van der Waals surface area contributed by atoms with Gasteiger partial charge in [-0.05, 0) is 42.7 Å². The van der Waals surface area contributed by atoms with Gasteiger partial charge in [0.25, 0.3) is 5.91 Å². The molecular weight excluding hydrogens is 318 g/mol. The molecule has 2 N–H and O–H groups in total. The number of nitrogens with one attached hydrogen (secondary N) is 1. The molecule has 1 aliphatic rings. The number of ether oxygens (including phenoxy) is 1. The lowest BCUT2D eigenvalue weighted by Crippen LogP contribution is -2.30. The Bertz CT molecular complexity index is 773. The third-order valence-electron chi connectivity index (χ3n) is 4.45. The maximum atomic E-state index is 12.4. The van der Waals surface area contributed by atoms with Crippen LogP contribution in [0.5, 0.6) is 0 Å². The summed E-state index contributed by atoms with van der Waals surface area (Å²) in [4.78, 5) is 23.6. The van der Waals surface area contributed by atoms with E-state index >= 15 is 0 Å². The van der Waals surface area contributed by atoms with Gasteiger partial charge in [0.05, 0.1) is 11.7 Å². The van der Waals surface area contributed by atoms with E-state index in [4.69, 9.17) is 9.84 Å². The second-order valence-electron chi connectivity index (χ2n) is 6.35. The van der Waals surface area contributed by atoms with Crippen LogP contribution in [0.25, 0.3) is 0 Å². The molecule has 1 saturated heterocycles. The first-order valence-corrected chi connectivity index (χ1v) is 8.34. The maximum Gasteiger partial charge on any atom is 0.335 e. The fraction of sp³-hybridized carbons (Fsp3) is 0.300. The normalized spacial score (nSPS) is 19.6. The molecule has 25 heavy (non-hydrogen) atoms. The highest BCUT2D eigenvalue weighted by molar-refractivity contribution is 5.97. The van der Waals surface area contributed by atoms with Crippen molar-refractivity contribution in [3.63, 3.8) is 0 Å². The molecule has 130 valence electrons. The van der Waals surface area contributed by atoms with E-state index in [2.05, 4.69) is 5.32 Å². The van der Waals surface area contributed by atoms with E-state index < -0.39 is 5.97 Å². The molecule has 2 aromatic carbocycles. The molecule has 0 radical (unpaired) electrons. The number of amides is 1. The Labute approximate surface area is 146 Å². The zero-order chi connectivity index (χ0) is 17.8. The second-order valence-corrected chi connectivity index (χ2v) is 6.35. The van der Waals surface area contributed by atoms with Crippen LogP contribution in [-0.4, -0.2) is 30.1 Å². The largest absolute Gasteiger partial charge is 0.478 e. The van der Waals surface area contributed by atoms with Crippen molar-refractivity contribution in [1.29, 1.82) is 0 Å². The summed E-state index contributed by atoms with van der Waals surface area (Å²) in [6, 6.07) is 14.6. The summed E-state index contributed by atoms with van der Waals surface area (Å²) in [7, 11) is 0. The number of carboxylic acids is 1. The van der Waals surface area contributed by atoms with Gasteiger partial charge in [-0.25, -0.2) is 4.79 Å². The summed E-state index contributed by atoms with van der Waals surface area (Å²) in [5.41, 5.74) is 2.35. The van der Waals surface area contributed by atoms with E-state index in [1.807, 2.05) is 30.3 Å². The molecule has 5 nitrogen and oxygen atoms in total. The number of hydrogen-bond acceptors (Lipinski definition) is 3. The van der Waals surface area contributed by atoms with Crippen LogP contribution in [0.2, 0.25) is 0 Å². The van der Waals surface area contributed by atoms with Crippen molar-refractivity contribution in [1.82, 2.24) is 5.32 Å². The van der Waals surface area contributed by atoms with Gasteiger partial charge in [0.1, 0.15) is 0 Å². The van der Waals surface area contributed by atoms with Gasteiger partial charge in [-0.15, -0.1) is 0 Å². The highest BCUT2D eigenvalue weighted by atomic mass is 16.5. The molecule has 0 spiro atoms. The van der Waals surface area contributed by atoms with Crippen molar-refractivity contribution >= 4 is 11.9 Å². The van der Waals surface area contributed by atoms with Crippen LogP contribution >= 0.6 is 0 Å². The number of carbonyl (C=O) groups excluding carboxylic acids is 1. The highest BCUT2D eigenvalue weighted by Crippen LogP contribution is 2.33. The SMILES string of the molecule is Cc1cc(C(=O)O)cc(C(=O)NC[C@@H]2CCO[C@H]2c2ccccc2)c1. The van der Waals surface area contributed by atoms with E-state index in [-0.39, 0.29) is 23.5 Å². The van der Waals surface area contributed by atoms with E-state index in [0.29, 0.717) is 18.7 Å². The van der Waals surface area contributed by atoms with Gasteiger partial charge in [-0.1, -0.05) is 30.3 Å². The molecule has 1 amide bonds. The van der Waals surface area contributed by atoms with Crippen LogP contribution in [0, 0.1) is 12.8 Å². The van der Waals surface area contributed by atoms with Crippen LogP contribution in [-0.2, 0) is 4.74 Å². The summed E-state index contributed by atoms with van der Waals surface area (Å²) in [5.74, 6) is -1.09. The number of aromatic carboxylic acids is 1. The molecule has 3 rings (SSSR count). The first-order chi connectivity index (χ1) is 12.0. The van der Waals surface area contributed by atoms with Gasteiger partial charge in [-0.3, -0.25) is 4.79 Å². The van der Waals surface area contributed by atoms with Crippen LogP contribution in [0.3, 0.4) is 0 Å². The number of aryl methyl sites for hydroxylation is 1. The molecule has 5 heteroatoms. The fourth-order valence-electron chi connectivity index (χ4n) is 3.22. The van der Waals surface area contributed by atoms with Crippen LogP contribution < -0.4 is 5.32 Å². The van der Waals surface area contributed by atoms with Crippen molar-refractivity contribution in [3.8, 4) is 0 Å². The summed E-state index contributed by atoms with van der Waals surface area (Å²) in [5, 5.41) is 12.1. The topological polar surface area (TPSA) is 75.6 Å². The molecule has 0 unspecified atom stereocenters. The van der Waals surface area contributed by atoms with Crippen molar-refractivity contribution < 1.29 is 19.4 Å². The summed E-state index contributed by atoms with van der Waals surface area (Å²) in [6.45, 7) is 2.95. The fourth-order valence-corrected chi connectivity index (χ4v) is 3.22. The minimum absolute atomic E-state index is 0.0198. The Balaban J connectivity index is 1.67. The Morgan fingerprint density at radius 3 is 2.60 bits per heavy atom. The molecule has 2 atom stereocenters. The number of carbonyl (C=O) groups is 2. The zero-order valence-corrected chi connectivity index (χ0v) is 14.1. The van der Waals surface area contributed by atoms with E-state index in [0.717, 1.165) is 17.5 Å². The van der Waals surface area contributed by atoms with Crippen molar-refractivity contribution in [2.24, 2.45) is 5.92 Å². The smallest absolute Gasteiger partial charge is 0.335 e. The maximum absolute atomic E-state index is 12.4. The van der Waals surface area contributed by atoms with Gasteiger partial charge in [0.2, 0.25) is 0 Å². The van der Waals surface area contributed by atoms with Crippen molar-refractivity contribution in [2.45, 2.75) is 19.4 Å². The zero-order valence-electron chi connectivity index (χ0n) is 14.1. The van der Waals surface area contributed by atoms with Gasteiger partial charge in [0.15, 0.2) is 0 Å². The summed E-state index contributed by atoms with van der Waals surface area (Å²) in [6.07, 6.45) is 0.863. The quantitative estimate of drug-likeness (QED) is 0.877. The Morgan fingerprint density at radius 2 is 1.88 bits per heavy atom. The monoisotopic (exact) mass is 339 g/mol. The van der Waals surface area contributed by atoms with E-state index in [1.54, 1.807) is 19.1 Å². The molecule has 2 aromatic rings. The molecule has 1 heterocycles. The lowest BCUT2D eigenvalue weighted by molar-refractivity contribution is 0.0696. The standard InChI is InChI=1S/C20H21NO4/c1-13-9-16(11-17(10-13)20(23)24)19(22)21-12-15-7-8-25-18(15)14-5-3-2-4-6-14/h2-6,9-11,15,18H,7-8,12H2,1H3,(H,21,22)(H,23,24)/t15-,18-/m0/s1. The number of benzene rings is 2. The Hall–Kier alpha value is -2.66. The predicted molar refractivity (Wildman–Crippen MR) is 93.7 cm³/mol. The molecule has 0 bridgehead atoms. The molecule has 0 aliphatic carbocycles. The van der Waals surface area contributed by atoms with Gasteiger partial charge >= 0.3 is 5.97 Å². The molecular formula is C20H21NO4. The predicted octanol–water partition coefficient (Wildman–Crippen LogP) is 3.20. The number of hydrogen-bond donors (Lipinski definition) is 2. The number of rotatable bonds is 5. The van der Waals surface area contributed by atoms with Gasteiger partial charge in [-0.2, -0.15) is 0 Å². The lowest BCUT2D eigenvalue weighted by Gasteiger charge is -2.19. The number of carboxylic acid groups (broad SMARTS) is 1. The molecule has 0 saturated carbocycles. The minimum Gasteiger partial charge on any atom is -0.478 e. The average Bonchev–Trinajstić information content (AvgIpc) is 3.08. The first kappa shape index (κ1) is 17.2. The lowest BCUT2D eigenvalue weighted by atomic mass is 9.95. The van der Waals surface area contributed by atoms with Crippen molar-refractivity contribution in [2.75, 3.05) is 13.2 Å². The average molecular weight is 339 g/mol. The Morgan fingerprint density at radius 1 is 1.16 bits per heavy atom. The van der Waals surface area contributed by atoms with E-state index in [1.165, 1.54) is 6.07 Å². The molecule has 0 aromatic heterocycles. The third-order valence-corrected chi connectivity index (χ3v) is 4.45. The Kier molecular flexibility index (Phi) is 5.14. The second kappa shape index (κ2) is 7.49. The molecule has 1 aliphatic heterocycles.